The molecule has 1 unspecified atom stereocenters. The van der Waals surface area contributed by atoms with Crippen molar-refractivity contribution in [3.8, 4) is 11.5 Å². The molecule has 0 radical (unpaired) electrons. The molecule has 4 heteroatoms. The molecule has 1 N–H and O–H groups in total. The quantitative estimate of drug-likeness (QED) is 0.651. The summed E-state index contributed by atoms with van der Waals surface area (Å²) in [6.07, 6.45) is 1.98. The van der Waals surface area contributed by atoms with Crippen molar-refractivity contribution in [2.45, 2.75) is 29.6 Å². The zero-order valence-corrected chi connectivity index (χ0v) is 12.2. The van der Waals surface area contributed by atoms with Crippen LogP contribution in [0.4, 0.5) is 0 Å². The summed E-state index contributed by atoms with van der Waals surface area (Å²) in [7, 11) is 0. The SMILES string of the molecule is CCCCOc1ccc(O)cc1[S+]([O-])c1ccccc1. The predicted molar refractivity (Wildman–Crippen MR) is 79.6 cm³/mol. The first kappa shape index (κ1) is 14.8. The molecule has 1 atom stereocenters. The largest absolute Gasteiger partial charge is 0.606 e. The smallest absolute Gasteiger partial charge is 0.204 e. The van der Waals surface area contributed by atoms with Crippen molar-refractivity contribution in [1.82, 2.24) is 0 Å². The van der Waals surface area contributed by atoms with Gasteiger partial charge in [0.05, 0.1) is 6.61 Å². The Balaban J connectivity index is 2.26. The van der Waals surface area contributed by atoms with E-state index in [2.05, 4.69) is 6.92 Å². The third-order valence-electron chi connectivity index (χ3n) is 2.84. The lowest BCUT2D eigenvalue weighted by molar-refractivity contribution is 0.301. The fraction of sp³-hybridized carbons (Fsp3) is 0.250. The molecule has 0 aromatic heterocycles. The van der Waals surface area contributed by atoms with Crippen molar-refractivity contribution in [3.05, 3.63) is 48.5 Å². The van der Waals surface area contributed by atoms with Gasteiger partial charge in [0, 0.05) is 17.2 Å². The van der Waals surface area contributed by atoms with Crippen LogP contribution in [-0.2, 0) is 11.2 Å². The number of rotatable bonds is 6. The van der Waals surface area contributed by atoms with Crippen LogP contribution in [-0.4, -0.2) is 16.3 Å². The summed E-state index contributed by atoms with van der Waals surface area (Å²) in [6.45, 7) is 2.67. The number of hydrogen-bond donors (Lipinski definition) is 1. The normalized spacial score (nSPS) is 12.1. The Morgan fingerprint density at radius 1 is 1.15 bits per heavy atom. The average Bonchev–Trinajstić information content (AvgIpc) is 2.49. The molecule has 0 aliphatic heterocycles. The highest BCUT2D eigenvalue weighted by atomic mass is 32.2. The minimum Gasteiger partial charge on any atom is -0.606 e. The molecule has 0 fully saturated rings. The second-order valence-electron chi connectivity index (χ2n) is 4.41. The van der Waals surface area contributed by atoms with E-state index in [1.165, 1.54) is 6.07 Å². The first-order valence-electron chi connectivity index (χ1n) is 6.65. The number of phenols is 1. The molecule has 2 rings (SSSR count). The monoisotopic (exact) mass is 290 g/mol. The maximum Gasteiger partial charge on any atom is 0.204 e. The summed E-state index contributed by atoms with van der Waals surface area (Å²) < 4.78 is 18.2. The van der Waals surface area contributed by atoms with Gasteiger partial charge < -0.3 is 14.4 Å². The van der Waals surface area contributed by atoms with Crippen LogP contribution in [0.25, 0.3) is 0 Å². The molecule has 0 aliphatic rings. The first-order valence-corrected chi connectivity index (χ1v) is 7.80. The maximum absolute atomic E-state index is 12.6. The van der Waals surface area contributed by atoms with Gasteiger partial charge in [-0.15, -0.1) is 0 Å². The van der Waals surface area contributed by atoms with Gasteiger partial charge in [0.1, 0.15) is 5.75 Å². The van der Waals surface area contributed by atoms with Gasteiger partial charge in [0.2, 0.25) is 4.90 Å². The predicted octanol–water partition coefficient (Wildman–Crippen LogP) is 3.74. The van der Waals surface area contributed by atoms with E-state index >= 15 is 0 Å². The first-order chi connectivity index (χ1) is 9.72. The van der Waals surface area contributed by atoms with Gasteiger partial charge >= 0.3 is 0 Å². The molecule has 0 spiro atoms. The van der Waals surface area contributed by atoms with Crippen LogP contribution in [0.1, 0.15) is 19.8 Å². The van der Waals surface area contributed by atoms with E-state index < -0.39 is 11.2 Å². The Hall–Kier alpha value is -1.65. The van der Waals surface area contributed by atoms with E-state index in [1.54, 1.807) is 24.3 Å². The molecule has 0 saturated carbocycles. The lowest BCUT2D eigenvalue weighted by Crippen LogP contribution is -2.06. The van der Waals surface area contributed by atoms with Crippen LogP contribution in [0, 0.1) is 0 Å². The summed E-state index contributed by atoms with van der Waals surface area (Å²) in [6, 6.07) is 13.9. The number of benzene rings is 2. The molecule has 0 aliphatic carbocycles. The fourth-order valence-electron chi connectivity index (χ4n) is 1.76. The van der Waals surface area contributed by atoms with E-state index in [9.17, 15) is 9.66 Å². The van der Waals surface area contributed by atoms with Gasteiger partial charge in [-0.1, -0.05) is 31.5 Å². The molecule has 0 heterocycles. The van der Waals surface area contributed by atoms with Crippen molar-refractivity contribution in [1.29, 1.82) is 0 Å². The standard InChI is InChI=1S/C16H18O3S/c1-2-3-11-19-15-10-9-13(17)12-16(15)20(18)14-7-5-4-6-8-14/h4-10,12,17H,2-3,11H2,1H3. The molecule has 0 bridgehead atoms. The van der Waals surface area contributed by atoms with Crippen LogP contribution < -0.4 is 4.74 Å². The Morgan fingerprint density at radius 2 is 1.90 bits per heavy atom. The summed E-state index contributed by atoms with van der Waals surface area (Å²) in [5, 5.41) is 9.61. The van der Waals surface area contributed by atoms with Crippen LogP contribution in [0.5, 0.6) is 11.5 Å². The van der Waals surface area contributed by atoms with E-state index in [0.717, 1.165) is 12.8 Å². The Bertz CT molecular complexity index is 543. The molecule has 0 amide bonds. The summed E-state index contributed by atoms with van der Waals surface area (Å²) >= 11 is -1.36. The highest BCUT2D eigenvalue weighted by molar-refractivity contribution is 7.91. The van der Waals surface area contributed by atoms with Crippen molar-refractivity contribution < 1.29 is 14.4 Å². The van der Waals surface area contributed by atoms with Gasteiger partial charge in [-0.25, -0.2) is 0 Å². The number of aromatic hydroxyl groups is 1. The lowest BCUT2D eigenvalue weighted by Gasteiger charge is -2.14. The highest BCUT2D eigenvalue weighted by Crippen LogP contribution is 2.32. The average molecular weight is 290 g/mol. The van der Waals surface area contributed by atoms with Crippen LogP contribution in [0.3, 0.4) is 0 Å². The summed E-state index contributed by atoms with van der Waals surface area (Å²) in [5.41, 5.74) is 0. The van der Waals surface area contributed by atoms with Crippen LogP contribution in [0.15, 0.2) is 58.3 Å². The van der Waals surface area contributed by atoms with Crippen molar-refractivity contribution in [2.24, 2.45) is 0 Å². The Labute approximate surface area is 122 Å². The number of unbranched alkanes of at least 4 members (excludes halogenated alkanes) is 1. The molecule has 20 heavy (non-hydrogen) atoms. The van der Waals surface area contributed by atoms with Gasteiger partial charge in [-0.3, -0.25) is 0 Å². The Kier molecular flexibility index (Phi) is 5.32. The van der Waals surface area contributed by atoms with E-state index in [0.29, 0.717) is 22.1 Å². The molecular weight excluding hydrogens is 272 g/mol. The second-order valence-corrected chi connectivity index (χ2v) is 5.86. The van der Waals surface area contributed by atoms with E-state index in [4.69, 9.17) is 4.74 Å². The fourth-order valence-corrected chi connectivity index (χ4v) is 2.95. The highest BCUT2D eigenvalue weighted by Gasteiger charge is 2.21. The molecule has 0 saturated heterocycles. The summed E-state index contributed by atoms with van der Waals surface area (Å²) in [4.78, 5) is 1.20. The topological polar surface area (TPSA) is 52.5 Å². The van der Waals surface area contributed by atoms with E-state index in [1.807, 2.05) is 18.2 Å². The van der Waals surface area contributed by atoms with Gasteiger partial charge in [-0.2, -0.15) is 0 Å². The number of phenolic OH excluding ortho intramolecular Hbond substituents is 1. The van der Waals surface area contributed by atoms with Crippen molar-refractivity contribution in [3.63, 3.8) is 0 Å². The third-order valence-corrected chi connectivity index (χ3v) is 4.26. The minimum absolute atomic E-state index is 0.0899. The molecule has 2 aromatic carbocycles. The van der Waals surface area contributed by atoms with Crippen LogP contribution in [0.2, 0.25) is 0 Å². The summed E-state index contributed by atoms with van der Waals surface area (Å²) in [5.74, 6) is 0.658. The van der Waals surface area contributed by atoms with Crippen molar-refractivity contribution in [2.75, 3.05) is 6.61 Å². The minimum atomic E-state index is -1.36. The Morgan fingerprint density at radius 3 is 2.60 bits per heavy atom. The number of ether oxygens (including phenoxy) is 1. The lowest BCUT2D eigenvalue weighted by atomic mass is 10.3. The van der Waals surface area contributed by atoms with Gasteiger partial charge in [-0.05, 0) is 30.7 Å². The van der Waals surface area contributed by atoms with Crippen molar-refractivity contribution >= 4 is 11.2 Å². The van der Waals surface area contributed by atoms with Gasteiger partial charge in [0.25, 0.3) is 0 Å². The maximum atomic E-state index is 12.6. The molecular formula is C16H18O3S. The zero-order chi connectivity index (χ0) is 14.4. The van der Waals surface area contributed by atoms with Gasteiger partial charge in [0.15, 0.2) is 10.6 Å². The number of hydrogen-bond acceptors (Lipinski definition) is 3. The van der Waals surface area contributed by atoms with E-state index in [-0.39, 0.29) is 5.75 Å². The molecule has 2 aromatic rings. The third kappa shape index (κ3) is 3.68. The zero-order valence-electron chi connectivity index (χ0n) is 11.4. The second kappa shape index (κ2) is 7.22. The van der Waals surface area contributed by atoms with Crippen LogP contribution >= 0.6 is 0 Å². The molecule has 3 nitrogen and oxygen atoms in total. The molecule has 106 valence electrons.